The minimum Gasteiger partial charge on any atom is -0.392 e. The van der Waals surface area contributed by atoms with Gasteiger partial charge in [-0.25, -0.2) is 0 Å². The zero-order valence-corrected chi connectivity index (χ0v) is 11.7. The van der Waals surface area contributed by atoms with Crippen molar-refractivity contribution < 1.29 is 9.90 Å². The first-order chi connectivity index (χ1) is 9.67. The van der Waals surface area contributed by atoms with E-state index < -0.39 is 0 Å². The number of hydrogen-bond acceptors (Lipinski definition) is 4. The summed E-state index contributed by atoms with van der Waals surface area (Å²) in [6, 6.07) is 7.58. The Morgan fingerprint density at radius 1 is 1.50 bits per heavy atom. The molecule has 1 amide bonds. The van der Waals surface area contributed by atoms with Crippen molar-refractivity contribution in [2.75, 3.05) is 25.0 Å². The Hall–Kier alpha value is -1.43. The number of likely N-dealkylation sites (tertiary alicyclic amines) is 1. The molecule has 5 heteroatoms. The summed E-state index contributed by atoms with van der Waals surface area (Å²) in [6.07, 6.45) is 2.07. The maximum absolute atomic E-state index is 11.9. The normalized spacial score (nSPS) is 19.8. The number of rotatable bonds is 5. The molecule has 0 aliphatic carbocycles. The van der Waals surface area contributed by atoms with Crippen molar-refractivity contribution in [3.05, 3.63) is 29.8 Å². The first-order valence-electron chi connectivity index (χ1n) is 7.16. The van der Waals surface area contributed by atoms with Crippen LogP contribution in [0, 0.1) is 0 Å². The lowest BCUT2D eigenvalue weighted by molar-refractivity contribution is -0.116. The Morgan fingerprint density at radius 2 is 2.35 bits per heavy atom. The van der Waals surface area contributed by atoms with E-state index in [0.29, 0.717) is 26.1 Å². The molecule has 0 aromatic heterocycles. The molecule has 2 rings (SSSR count). The van der Waals surface area contributed by atoms with Crippen LogP contribution in [0.1, 0.15) is 24.8 Å². The van der Waals surface area contributed by atoms with Crippen LogP contribution < -0.4 is 11.1 Å². The Morgan fingerprint density at radius 3 is 3.10 bits per heavy atom. The van der Waals surface area contributed by atoms with Crippen LogP contribution in [0.25, 0.3) is 0 Å². The van der Waals surface area contributed by atoms with E-state index >= 15 is 0 Å². The van der Waals surface area contributed by atoms with Gasteiger partial charge in [0.25, 0.3) is 0 Å². The van der Waals surface area contributed by atoms with Gasteiger partial charge in [0.05, 0.1) is 6.10 Å². The summed E-state index contributed by atoms with van der Waals surface area (Å²) in [5, 5.41) is 12.5. The number of nitrogens with one attached hydrogen (secondary N) is 1. The smallest absolute Gasteiger partial charge is 0.225 e. The molecule has 0 bridgehead atoms. The molecule has 1 aliphatic rings. The minimum absolute atomic E-state index is 0.000709. The fourth-order valence-electron chi connectivity index (χ4n) is 2.49. The van der Waals surface area contributed by atoms with E-state index in [1.165, 1.54) is 0 Å². The maximum Gasteiger partial charge on any atom is 0.225 e. The molecule has 0 radical (unpaired) electrons. The number of benzene rings is 1. The summed E-state index contributed by atoms with van der Waals surface area (Å²) in [5.74, 6) is -0.000709. The first-order valence-corrected chi connectivity index (χ1v) is 7.16. The van der Waals surface area contributed by atoms with E-state index in [9.17, 15) is 9.90 Å². The summed E-state index contributed by atoms with van der Waals surface area (Å²) in [4.78, 5) is 14.0. The number of piperidine rings is 1. The number of hydrogen-bond donors (Lipinski definition) is 3. The summed E-state index contributed by atoms with van der Waals surface area (Å²) in [6.45, 7) is 2.80. The quantitative estimate of drug-likeness (QED) is 0.748. The fraction of sp³-hybridized carbons (Fsp3) is 0.533. The van der Waals surface area contributed by atoms with Crippen molar-refractivity contribution in [1.29, 1.82) is 0 Å². The Balaban J connectivity index is 1.77. The van der Waals surface area contributed by atoms with Crippen LogP contribution in [0.2, 0.25) is 0 Å². The fourth-order valence-corrected chi connectivity index (χ4v) is 2.49. The largest absolute Gasteiger partial charge is 0.392 e. The van der Waals surface area contributed by atoms with E-state index in [1.54, 1.807) is 0 Å². The van der Waals surface area contributed by atoms with Crippen molar-refractivity contribution >= 4 is 11.6 Å². The first kappa shape index (κ1) is 15.0. The monoisotopic (exact) mass is 277 g/mol. The van der Waals surface area contributed by atoms with Crippen LogP contribution in [0.4, 0.5) is 5.69 Å². The highest BCUT2D eigenvalue weighted by Gasteiger charge is 2.17. The lowest BCUT2D eigenvalue weighted by atomic mass is 10.1. The van der Waals surface area contributed by atoms with Crippen LogP contribution >= 0.6 is 0 Å². The average molecular weight is 277 g/mol. The van der Waals surface area contributed by atoms with Crippen molar-refractivity contribution in [2.24, 2.45) is 5.73 Å². The van der Waals surface area contributed by atoms with Crippen LogP contribution in [0.15, 0.2) is 24.3 Å². The molecule has 1 aromatic rings. The van der Waals surface area contributed by atoms with E-state index in [1.807, 2.05) is 24.3 Å². The molecule has 5 nitrogen and oxygen atoms in total. The highest BCUT2D eigenvalue weighted by Crippen LogP contribution is 2.12. The Bertz CT molecular complexity index is 450. The van der Waals surface area contributed by atoms with Crippen LogP contribution in [-0.2, 0) is 11.3 Å². The summed E-state index contributed by atoms with van der Waals surface area (Å²) in [5.41, 5.74) is 7.37. The van der Waals surface area contributed by atoms with E-state index in [4.69, 9.17) is 5.73 Å². The second kappa shape index (κ2) is 7.38. The molecule has 110 valence electrons. The van der Waals surface area contributed by atoms with Gasteiger partial charge in [-0.2, -0.15) is 0 Å². The van der Waals surface area contributed by atoms with Crippen molar-refractivity contribution in [2.45, 2.75) is 31.9 Å². The highest BCUT2D eigenvalue weighted by molar-refractivity contribution is 5.90. The predicted octanol–water partition coefficient (Wildman–Crippen LogP) is 0.931. The lowest BCUT2D eigenvalue weighted by Crippen LogP contribution is -2.39. The predicted molar refractivity (Wildman–Crippen MR) is 79.3 cm³/mol. The van der Waals surface area contributed by atoms with Gasteiger partial charge in [-0.05, 0) is 37.1 Å². The summed E-state index contributed by atoms with van der Waals surface area (Å²) in [7, 11) is 0. The number of amides is 1. The molecule has 1 heterocycles. The molecule has 1 aromatic carbocycles. The Kier molecular flexibility index (Phi) is 5.52. The van der Waals surface area contributed by atoms with Gasteiger partial charge in [-0.15, -0.1) is 0 Å². The van der Waals surface area contributed by atoms with Gasteiger partial charge < -0.3 is 21.1 Å². The van der Waals surface area contributed by atoms with Crippen LogP contribution in [-0.4, -0.2) is 41.7 Å². The molecule has 4 N–H and O–H groups in total. The lowest BCUT2D eigenvalue weighted by Gasteiger charge is -2.29. The van der Waals surface area contributed by atoms with Crippen LogP contribution in [0.5, 0.6) is 0 Å². The maximum atomic E-state index is 11.9. The molecule has 0 saturated carbocycles. The average Bonchev–Trinajstić information content (AvgIpc) is 2.45. The Labute approximate surface area is 119 Å². The SMILES string of the molecule is NCc1cccc(NC(=O)CCN2CCCC(O)C2)c1. The standard InChI is InChI=1S/C15H23N3O2/c16-10-12-3-1-4-13(9-12)17-15(20)6-8-18-7-2-5-14(19)11-18/h1,3-4,9,14,19H,2,5-8,10-11,16H2,(H,17,20). The molecule has 0 spiro atoms. The van der Waals surface area contributed by atoms with Gasteiger partial charge in [-0.1, -0.05) is 12.1 Å². The van der Waals surface area contributed by atoms with E-state index in [0.717, 1.165) is 30.6 Å². The molecule has 1 unspecified atom stereocenters. The van der Waals surface area contributed by atoms with Gasteiger partial charge in [0.2, 0.25) is 5.91 Å². The number of anilines is 1. The molecule has 1 atom stereocenters. The highest BCUT2D eigenvalue weighted by atomic mass is 16.3. The number of carbonyl (C=O) groups is 1. The number of carbonyl (C=O) groups excluding carboxylic acids is 1. The van der Waals surface area contributed by atoms with E-state index in [-0.39, 0.29) is 12.0 Å². The van der Waals surface area contributed by atoms with Gasteiger partial charge in [0.1, 0.15) is 0 Å². The van der Waals surface area contributed by atoms with Gasteiger partial charge in [0.15, 0.2) is 0 Å². The summed E-state index contributed by atoms with van der Waals surface area (Å²) < 4.78 is 0. The topological polar surface area (TPSA) is 78.6 Å². The number of nitrogens with zero attached hydrogens (tertiary/aromatic N) is 1. The molecule has 1 fully saturated rings. The van der Waals surface area contributed by atoms with Gasteiger partial charge in [0, 0.05) is 31.7 Å². The molecular formula is C15H23N3O2. The number of aliphatic hydroxyl groups is 1. The zero-order chi connectivity index (χ0) is 14.4. The van der Waals surface area contributed by atoms with Crippen LogP contribution in [0.3, 0.4) is 0 Å². The van der Waals surface area contributed by atoms with E-state index in [2.05, 4.69) is 10.2 Å². The number of nitrogens with two attached hydrogens (primary N) is 1. The van der Waals surface area contributed by atoms with Gasteiger partial charge in [-0.3, -0.25) is 4.79 Å². The second-order valence-corrected chi connectivity index (χ2v) is 5.30. The number of aliphatic hydroxyl groups excluding tert-OH is 1. The third-order valence-electron chi connectivity index (χ3n) is 3.58. The third kappa shape index (κ3) is 4.59. The third-order valence-corrected chi connectivity index (χ3v) is 3.58. The minimum atomic E-state index is -0.243. The molecule has 20 heavy (non-hydrogen) atoms. The second-order valence-electron chi connectivity index (χ2n) is 5.30. The molecule has 1 saturated heterocycles. The number of β-amino-alcohol motifs (C(OH)–C–C–N with tert-alkyl or cyclic N) is 1. The van der Waals surface area contributed by atoms with Crippen molar-refractivity contribution in [3.8, 4) is 0 Å². The summed E-state index contributed by atoms with van der Waals surface area (Å²) >= 11 is 0. The molecule has 1 aliphatic heterocycles. The molecular weight excluding hydrogens is 254 g/mol. The van der Waals surface area contributed by atoms with Crippen molar-refractivity contribution in [1.82, 2.24) is 4.90 Å². The van der Waals surface area contributed by atoms with Crippen molar-refractivity contribution in [3.63, 3.8) is 0 Å². The zero-order valence-electron chi connectivity index (χ0n) is 11.7. The van der Waals surface area contributed by atoms with Gasteiger partial charge >= 0.3 is 0 Å².